The van der Waals surface area contributed by atoms with Gasteiger partial charge in [0.1, 0.15) is 22.5 Å². The largest absolute Gasteiger partial charge is 0.382 e. The minimum atomic E-state index is 0.0182. The molecule has 2 aromatic heterocycles. The summed E-state index contributed by atoms with van der Waals surface area (Å²) in [6.07, 6.45) is 5.75. The fraction of sp³-hybridized carbons (Fsp3) is 0.381. The third-order valence-electron chi connectivity index (χ3n) is 4.83. The van der Waals surface area contributed by atoms with Crippen molar-refractivity contribution in [2.45, 2.75) is 45.6 Å². The van der Waals surface area contributed by atoms with E-state index in [4.69, 9.17) is 50.2 Å². The molecule has 1 aliphatic carbocycles. The molecule has 0 bridgehead atoms. The molecule has 1 saturated carbocycles. The van der Waals surface area contributed by atoms with Crippen molar-refractivity contribution in [3.8, 4) is 0 Å². The molecule has 0 aliphatic heterocycles. The Morgan fingerprint density at radius 3 is 2.27 bits per heavy atom. The molecule has 0 spiro atoms. The number of amides is 1. The van der Waals surface area contributed by atoms with Crippen LogP contribution in [0.5, 0.6) is 0 Å². The summed E-state index contributed by atoms with van der Waals surface area (Å²) in [5.41, 5.74) is 20.7. The van der Waals surface area contributed by atoms with Gasteiger partial charge >= 0.3 is 0 Å². The predicted molar refractivity (Wildman–Crippen MR) is 133 cm³/mol. The van der Waals surface area contributed by atoms with Gasteiger partial charge in [-0.2, -0.15) is 9.97 Å². The standard InChI is InChI=1S/C16H19ClN2O.C4H6ClN5.CH3NO/c1-2-3-9-19-14(10-11-7-8-11)18-13-6-4-5-12(17)15(13)16(19)20;5-1-2(6)9-4(8)10-3(1)7;2-1-3/h4-6,11H,2-3,7-10H2,1H3;(H6,6,7,8,9,10);1H,(H2,2,3). The molecule has 12 heteroatoms. The lowest BCUT2D eigenvalue weighted by Gasteiger charge is -2.13. The molecule has 178 valence electrons. The molecule has 2 heterocycles. The van der Waals surface area contributed by atoms with E-state index in [1.165, 1.54) is 12.8 Å². The number of aromatic nitrogens is 4. The van der Waals surface area contributed by atoms with Crippen LogP contribution in [0.1, 0.15) is 38.4 Å². The number of unbranched alkanes of at least 4 members (excludes halogenated alkanes) is 1. The van der Waals surface area contributed by atoms with Crippen molar-refractivity contribution in [3.05, 3.63) is 44.4 Å². The topological polar surface area (TPSA) is 182 Å². The number of benzene rings is 1. The Hall–Kier alpha value is -3.11. The number of carbonyl (C=O) groups is 1. The lowest BCUT2D eigenvalue weighted by Crippen LogP contribution is -2.26. The van der Waals surface area contributed by atoms with Crippen LogP contribution >= 0.6 is 23.2 Å². The smallest absolute Gasteiger partial charge is 0.262 e. The first kappa shape index (κ1) is 26.1. The Morgan fingerprint density at radius 1 is 1.12 bits per heavy atom. The summed E-state index contributed by atoms with van der Waals surface area (Å²) in [5, 5.41) is 1.21. The zero-order valence-corrected chi connectivity index (χ0v) is 19.8. The maximum Gasteiger partial charge on any atom is 0.262 e. The highest BCUT2D eigenvalue weighted by Gasteiger charge is 2.24. The van der Waals surface area contributed by atoms with E-state index in [1.807, 2.05) is 16.7 Å². The summed E-state index contributed by atoms with van der Waals surface area (Å²) in [6, 6.07) is 5.50. The van der Waals surface area contributed by atoms with Crippen molar-refractivity contribution < 1.29 is 4.79 Å². The average Bonchev–Trinajstić information content (AvgIpc) is 3.57. The number of nitrogens with two attached hydrogens (primary N) is 4. The molecule has 4 rings (SSSR count). The summed E-state index contributed by atoms with van der Waals surface area (Å²) < 4.78 is 1.84. The first-order valence-corrected chi connectivity index (χ1v) is 11.2. The predicted octanol–water partition coefficient (Wildman–Crippen LogP) is 2.78. The Balaban J connectivity index is 0.000000249. The monoisotopic (exact) mass is 494 g/mol. The quantitative estimate of drug-likeness (QED) is 0.390. The van der Waals surface area contributed by atoms with Crippen LogP contribution in [0.3, 0.4) is 0 Å². The Labute approximate surface area is 201 Å². The minimum absolute atomic E-state index is 0.0182. The summed E-state index contributed by atoms with van der Waals surface area (Å²) in [7, 11) is 0. The van der Waals surface area contributed by atoms with Crippen LogP contribution in [0, 0.1) is 5.92 Å². The summed E-state index contributed by atoms with van der Waals surface area (Å²) in [5.74, 6) is 1.88. The summed E-state index contributed by atoms with van der Waals surface area (Å²) in [6.45, 7) is 2.87. The second-order valence-corrected chi connectivity index (χ2v) is 8.21. The third-order valence-corrected chi connectivity index (χ3v) is 5.54. The van der Waals surface area contributed by atoms with Crippen molar-refractivity contribution in [2.75, 3.05) is 17.2 Å². The number of primary amides is 1. The normalized spacial score (nSPS) is 12.3. The first-order valence-electron chi connectivity index (χ1n) is 10.4. The number of anilines is 3. The van der Waals surface area contributed by atoms with Crippen LogP contribution in [0.15, 0.2) is 23.0 Å². The Morgan fingerprint density at radius 2 is 1.73 bits per heavy atom. The molecule has 1 amide bonds. The zero-order chi connectivity index (χ0) is 24.5. The SMILES string of the molecule is CCCCn1c(CC2CC2)nc2cccc(Cl)c2c1=O.NC=O.Nc1nc(N)c(Cl)c(N)n1. The van der Waals surface area contributed by atoms with Crippen LogP contribution in [-0.4, -0.2) is 25.9 Å². The van der Waals surface area contributed by atoms with Gasteiger partial charge in [-0.05, 0) is 37.3 Å². The zero-order valence-electron chi connectivity index (χ0n) is 18.3. The van der Waals surface area contributed by atoms with Crippen molar-refractivity contribution in [1.29, 1.82) is 0 Å². The van der Waals surface area contributed by atoms with Gasteiger partial charge in [0.2, 0.25) is 12.4 Å². The van der Waals surface area contributed by atoms with Gasteiger partial charge in [0, 0.05) is 13.0 Å². The Kier molecular flexibility index (Phi) is 9.68. The van der Waals surface area contributed by atoms with Gasteiger partial charge in [-0.3, -0.25) is 14.2 Å². The highest BCUT2D eigenvalue weighted by molar-refractivity contribution is 6.35. The molecule has 1 aliphatic rings. The van der Waals surface area contributed by atoms with Gasteiger partial charge in [-0.25, -0.2) is 4.98 Å². The van der Waals surface area contributed by atoms with E-state index < -0.39 is 0 Å². The number of halogens is 2. The second kappa shape index (κ2) is 12.2. The van der Waals surface area contributed by atoms with Crippen molar-refractivity contribution in [3.63, 3.8) is 0 Å². The molecular formula is C21H28Cl2N8O2. The van der Waals surface area contributed by atoms with Gasteiger partial charge in [-0.15, -0.1) is 0 Å². The summed E-state index contributed by atoms with van der Waals surface area (Å²) in [4.78, 5) is 33.1. The van der Waals surface area contributed by atoms with Crippen LogP contribution in [0.2, 0.25) is 10.0 Å². The molecule has 0 unspecified atom stereocenters. The van der Waals surface area contributed by atoms with E-state index in [9.17, 15) is 4.79 Å². The lowest BCUT2D eigenvalue weighted by atomic mass is 10.2. The van der Waals surface area contributed by atoms with Crippen molar-refractivity contribution in [2.24, 2.45) is 11.7 Å². The second-order valence-electron chi connectivity index (χ2n) is 7.42. The number of hydrogen-bond acceptors (Lipinski definition) is 8. The van der Waals surface area contributed by atoms with E-state index in [1.54, 1.807) is 6.07 Å². The van der Waals surface area contributed by atoms with Gasteiger partial charge in [0.25, 0.3) is 5.56 Å². The number of carbonyl (C=O) groups excluding carboxylic acids is 1. The number of nitrogen functional groups attached to an aromatic ring is 3. The molecule has 8 N–H and O–H groups in total. The summed E-state index contributed by atoms with van der Waals surface area (Å²) >= 11 is 11.7. The first-order chi connectivity index (χ1) is 15.7. The van der Waals surface area contributed by atoms with Crippen LogP contribution in [-0.2, 0) is 17.8 Å². The van der Waals surface area contributed by atoms with E-state index in [0.717, 1.165) is 37.1 Å². The van der Waals surface area contributed by atoms with E-state index in [-0.39, 0.29) is 34.6 Å². The molecule has 33 heavy (non-hydrogen) atoms. The number of rotatable bonds is 5. The molecular weight excluding hydrogens is 467 g/mol. The van der Waals surface area contributed by atoms with E-state index >= 15 is 0 Å². The van der Waals surface area contributed by atoms with Gasteiger partial charge in [0.05, 0.1) is 15.9 Å². The number of hydrogen-bond donors (Lipinski definition) is 4. The molecule has 1 aromatic carbocycles. The highest BCUT2D eigenvalue weighted by Crippen LogP contribution is 2.32. The molecule has 0 atom stereocenters. The fourth-order valence-electron chi connectivity index (χ4n) is 3.05. The molecule has 0 saturated heterocycles. The molecule has 3 aromatic rings. The third kappa shape index (κ3) is 7.19. The minimum Gasteiger partial charge on any atom is -0.382 e. The van der Waals surface area contributed by atoms with Gasteiger partial charge in [0.15, 0.2) is 0 Å². The highest BCUT2D eigenvalue weighted by atomic mass is 35.5. The molecule has 10 nitrogen and oxygen atoms in total. The maximum atomic E-state index is 12.7. The van der Waals surface area contributed by atoms with E-state index in [2.05, 4.69) is 22.6 Å². The van der Waals surface area contributed by atoms with Crippen LogP contribution < -0.4 is 28.5 Å². The average molecular weight is 495 g/mol. The van der Waals surface area contributed by atoms with Gasteiger partial charge in [-0.1, -0.05) is 42.6 Å². The van der Waals surface area contributed by atoms with E-state index in [0.29, 0.717) is 16.3 Å². The lowest BCUT2D eigenvalue weighted by molar-refractivity contribution is -0.106. The fourth-order valence-corrected chi connectivity index (χ4v) is 3.39. The van der Waals surface area contributed by atoms with Crippen LogP contribution in [0.4, 0.5) is 17.6 Å². The molecule has 0 radical (unpaired) electrons. The van der Waals surface area contributed by atoms with Crippen molar-refractivity contribution in [1.82, 2.24) is 19.5 Å². The van der Waals surface area contributed by atoms with Gasteiger partial charge < -0.3 is 22.9 Å². The number of fused-ring (bicyclic) bond motifs is 1. The Bertz CT molecular complexity index is 1140. The number of nitrogens with zero attached hydrogens (tertiary/aromatic N) is 4. The van der Waals surface area contributed by atoms with Crippen LogP contribution in [0.25, 0.3) is 10.9 Å². The molecule has 1 fully saturated rings. The van der Waals surface area contributed by atoms with Crippen molar-refractivity contribution >= 4 is 58.1 Å². The maximum absolute atomic E-state index is 12.7.